The third-order valence-electron chi connectivity index (χ3n) is 2.83. The fraction of sp³-hybridized carbons (Fsp3) is 0.846. The number of nitrogens with one attached hydrogen (secondary N) is 1. The van der Waals surface area contributed by atoms with Crippen LogP contribution in [0.15, 0.2) is 11.6 Å². The monoisotopic (exact) mass is 227 g/mol. The van der Waals surface area contributed by atoms with E-state index in [2.05, 4.69) is 43.9 Å². The third kappa shape index (κ3) is 6.26. The molecule has 1 saturated heterocycles. The lowest BCUT2D eigenvalue weighted by molar-refractivity contribution is 0.427. The fourth-order valence-electron chi connectivity index (χ4n) is 1.98. The largest absolute Gasteiger partial charge is 0.311 e. The zero-order chi connectivity index (χ0) is 11.1. The van der Waals surface area contributed by atoms with Crippen LogP contribution in [0.1, 0.15) is 46.5 Å². The van der Waals surface area contributed by atoms with Gasteiger partial charge in [-0.2, -0.15) is 11.8 Å². The van der Waals surface area contributed by atoms with Crippen molar-refractivity contribution in [3.05, 3.63) is 11.6 Å². The Hall–Kier alpha value is 0.0500. The van der Waals surface area contributed by atoms with Gasteiger partial charge in [-0.05, 0) is 52.2 Å². The second-order valence-corrected chi connectivity index (χ2v) is 5.99. The summed E-state index contributed by atoms with van der Waals surface area (Å²) in [6.45, 7) is 6.67. The van der Waals surface area contributed by atoms with E-state index in [1.807, 2.05) is 0 Å². The van der Waals surface area contributed by atoms with Crippen molar-refractivity contribution < 1.29 is 0 Å². The summed E-state index contributed by atoms with van der Waals surface area (Å²) in [6, 6.07) is 1.44. The van der Waals surface area contributed by atoms with Gasteiger partial charge in [-0.25, -0.2) is 0 Å². The Labute approximate surface area is 99.1 Å². The minimum atomic E-state index is 0.671. The highest BCUT2D eigenvalue weighted by Gasteiger charge is 2.14. The Bertz CT molecular complexity index is 191. The molecule has 1 heterocycles. The molecule has 1 N–H and O–H groups in total. The normalized spacial score (nSPS) is 23.5. The third-order valence-corrected chi connectivity index (χ3v) is 4.05. The predicted octanol–water partition coefficient (Wildman–Crippen LogP) is 3.61. The van der Waals surface area contributed by atoms with Gasteiger partial charge in [0, 0.05) is 17.8 Å². The molecule has 0 aromatic heterocycles. The zero-order valence-corrected chi connectivity index (χ0v) is 11.2. The van der Waals surface area contributed by atoms with Gasteiger partial charge >= 0.3 is 0 Å². The van der Waals surface area contributed by atoms with E-state index < -0.39 is 0 Å². The van der Waals surface area contributed by atoms with Crippen LogP contribution in [0, 0.1) is 0 Å². The van der Waals surface area contributed by atoms with E-state index in [0.717, 1.165) is 6.04 Å². The van der Waals surface area contributed by atoms with E-state index in [0.29, 0.717) is 6.04 Å². The Morgan fingerprint density at radius 3 is 2.93 bits per heavy atom. The summed E-state index contributed by atoms with van der Waals surface area (Å²) >= 11 is 2.10. The van der Waals surface area contributed by atoms with Gasteiger partial charge in [0.05, 0.1) is 0 Å². The molecule has 1 aliphatic rings. The molecule has 1 aliphatic heterocycles. The second kappa shape index (κ2) is 7.34. The summed E-state index contributed by atoms with van der Waals surface area (Å²) in [6.07, 6.45) is 7.60. The van der Waals surface area contributed by atoms with Crippen molar-refractivity contribution in [2.75, 3.05) is 11.5 Å². The molecule has 2 heteroatoms. The van der Waals surface area contributed by atoms with Crippen molar-refractivity contribution in [1.82, 2.24) is 5.32 Å². The average Bonchev–Trinajstić information content (AvgIpc) is 2.18. The van der Waals surface area contributed by atoms with E-state index in [1.54, 1.807) is 0 Å². The Morgan fingerprint density at radius 1 is 1.53 bits per heavy atom. The van der Waals surface area contributed by atoms with Crippen LogP contribution in [-0.2, 0) is 0 Å². The molecule has 0 aromatic rings. The van der Waals surface area contributed by atoms with Gasteiger partial charge in [0.1, 0.15) is 0 Å². The lowest BCUT2D eigenvalue weighted by Gasteiger charge is -2.26. The molecule has 1 fully saturated rings. The molecule has 0 bridgehead atoms. The van der Waals surface area contributed by atoms with Crippen molar-refractivity contribution in [2.45, 2.75) is 58.5 Å². The first kappa shape index (κ1) is 13.1. The first-order valence-corrected chi connectivity index (χ1v) is 7.31. The maximum atomic E-state index is 3.74. The molecular weight excluding hydrogens is 202 g/mol. The highest BCUT2D eigenvalue weighted by atomic mass is 32.2. The molecule has 0 spiro atoms. The molecule has 0 aromatic carbocycles. The maximum Gasteiger partial charge on any atom is 0.0160 e. The van der Waals surface area contributed by atoms with E-state index in [4.69, 9.17) is 0 Å². The first-order valence-electron chi connectivity index (χ1n) is 6.15. The standard InChI is InChI=1S/C13H25NS/c1-11(2)6-4-7-12(3)14-13-8-5-9-15-10-13/h6,12-14H,4-5,7-10H2,1-3H3. The molecular formula is C13H25NS. The minimum absolute atomic E-state index is 0.671. The number of hydrogen-bond acceptors (Lipinski definition) is 2. The van der Waals surface area contributed by atoms with E-state index >= 15 is 0 Å². The fourth-order valence-corrected chi connectivity index (χ4v) is 3.06. The van der Waals surface area contributed by atoms with Crippen LogP contribution in [0.2, 0.25) is 0 Å². The topological polar surface area (TPSA) is 12.0 Å². The smallest absolute Gasteiger partial charge is 0.0160 e. The van der Waals surface area contributed by atoms with Gasteiger partial charge < -0.3 is 5.32 Å². The second-order valence-electron chi connectivity index (χ2n) is 4.84. The zero-order valence-electron chi connectivity index (χ0n) is 10.4. The highest BCUT2D eigenvalue weighted by molar-refractivity contribution is 7.99. The molecule has 2 atom stereocenters. The average molecular weight is 227 g/mol. The lowest BCUT2D eigenvalue weighted by atomic mass is 10.1. The van der Waals surface area contributed by atoms with Crippen LogP contribution in [0.4, 0.5) is 0 Å². The molecule has 1 rings (SSSR count). The van der Waals surface area contributed by atoms with Gasteiger partial charge in [-0.3, -0.25) is 0 Å². The van der Waals surface area contributed by atoms with Gasteiger partial charge in [0.25, 0.3) is 0 Å². The quantitative estimate of drug-likeness (QED) is 0.720. The molecule has 0 aliphatic carbocycles. The summed E-state index contributed by atoms with van der Waals surface area (Å²) < 4.78 is 0. The molecule has 0 radical (unpaired) electrons. The molecule has 2 unspecified atom stereocenters. The Morgan fingerprint density at radius 2 is 2.33 bits per heavy atom. The molecule has 88 valence electrons. The van der Waals surface area contributed by atoms with Gasteiger partial charge in [-0.1, -0.05) is 11.6 Å². The predicted molar refractivity (Wildman–Crippen MR) is 71.6 cm³/mol. The summed E-state index contributed by atoms with van der Waals surface area (Å²) in [5.74, 6) is 2.68. The van der Waals surface area contributed by atoms with Crippen LogP contribution < -0.4 is 5.32 Å². The number of hydrogen-bond donors (Lipinski definition) is 1. The van der Waals surface area contributed by atoms with Crippen LogP contribution in [0.5, 0.6) is 0 Å². The van der Waals surface area contributed by atoms with Gasteiger partial charge in [0.15, 0.2) is 0 Å². The van der Waals surface area contributed by atoms with E-state index in [1.165, 1.54) is 42.8 Å². The summed E-state index contributed by atoms with van der Waals surface area (Å²) in [4.78, 5) is 0. The van der Waals surface area contributed by atoms with Gasteiger partial charge in [-0.15, -0.1) is 0 Å². The summed E-state index contributed by atoms with van der Waals surface area (Å²) in [7, 11) is 0. The van der Waals surface area contributed by atoms with Crippen LogP contribution in [-0.4, -0.2) is 23.6 Å². The van der Waals surface area contributed by atoms with Crippen molar-refractivity contribution in [3.63, 3.8) is 0 Å². The summed E-state index contributed by atoms with van der Waals surface area (Å²) in [5, 5.41) is 3.74. The van der Waals surface area contributed by atoms with Gasteiger partial charge in [0.2, 0.25) is 0 Å². The van der Waals surface area contributed by atoms with Crippen molar-refractivity contribution in [3.8, 4) is 0 Å². The lowest BCUT2D eigenvalue weighted by Crippen LogP contribution is -2.39. The van der Waals surface area contributed by atoms with Crippen LogP contribution in [0.25, 0.3) is 0 Å². The molecule has 15 heavy (non-hydrogen) atoms. The van der Waals surface area contributed by atoms with Crippen molar-refractivity contribution >= 4 is 11.8 Å². The number of allylic oxidation sites excluding steroid dienone is 2. The minimum Gasteiger partial charge on any atom is -0.311 e. The maximum absolute atomic E-state index is 3.74. The Kier molecular flexibility index (Phi) is 6.42. The number of thioether (sulfide) groups is 1. The Balaban J connectivity index is 2.11. The molecule has 1 nitrogen and oxygen atoms in total. The molecule has 0 amide bonds. The van der Waals surface area contributed by atoms with Crippen LogP contribution >= 0.6 is 11.8 Å². The van der Waals surface area contributed by atoms with Crippen LogP contribution in [0.3, 0.4) is 0 Å². The van der Waals surface area contributed by atoms with Crippen molar-refractivity contribution in [2.24, 2.45) is 0 Å². The highest BCUT2D eigenvalue weighted by Crippen LogP contribution is 2.17. The molecule has 0 saturated carbocycles. The van der Waals surface area contributed by atoms with E-state index in [-0.39, 0.29) is 0 Å². The SMILES string of the molecule is CC(C)=CCCC(C)NC1CCCSC1. The number of rotatable bonds is 5. The first-order chi connectivity index (χ1) is 7.18. The van der Waals surface area contributed by atoms with Crippen molar-refractivity contribution in [1.29, 1.82) is 0 Å². The van der Waals surface area contributed by atoms with E-state index in [9.17, 15) is 0 Å². The summed E-state index contributed by atoms with van der Waals surface area (Å²) in [5.41, 5.74) is 1.44.